The summed E-state index contributed by atoms with van der Waals surface area (Å²) in [6.07, 6.45) is 5.49. The smallest absolute Gasteiger partial charge is 0.321 e. The molecule has 0 spiro atoms. The number of urea groups is 1. The topological polar surface area (TPSA) is 108 Å². The van der Waals surface area contributed by atoms with Crippen LogP contribution in [0, 0.1) is 5.92 Å². The first kappa shape index (κ1) is 29.2. The fourth-order valence-corrected chi connectivity index (χ4v) is 7.74. The van der Waals surface area contributed by atoms with Gasteiger partial charge >= 0.3 is 6.03 Å². The van der Waals surface area contributed by atoms with Gasteiger partial charge in [0, 0.05) is 18.7 Å². The Bertz CT molecular complexity index is 1340. The molecule has 1 atom stereocenters. The molecule has 2 N–H and O–H groups in total. The van der Waals surface area contributed by atoms with Gasteiger partial charge in [0.1, 0.15) is 16.2 Å². The Hall–Kier alpha value is -2.82. The van der Waals surface area contributed by atoms with Crippen LogP contribution in [0.4, 0.5) is 16.2 Å². The summed E-state index contributed by atoms with van der Waals surface area (Å²) in [7, 11) is -1.36. The summed E-state index contributed by atoms with van der Waals surface area (Å²) in [6, 6.07) is 8.88. The maximum atomic E-state index is 14.5. The predicted molar refractivity (Wildman–Crippen MR) is 153 cm³/mol. The lowest BCUT2D eigenvalue weighted by Crippen LogP contribution is -2.52. The summed E-state index contributed by atoms with van der Waals surface area (Å²) < 4.78 is 34.5. The molecular weight excluding hydrogens is 540 g/mol. The van der Waals surface area contributed by atoms with Crippen LogP contribution in [0.5, 0.6) is 5.75 Å². The Morgan fingerprint density at radius 3 is 2.41 bits per heavy atom. The first-order valence-corrected chi connectivity index (χ1v) is 15.3. The Morgan fingerprint density at radius 2 is 1.79 bits per heavy atom. The number of nitrogens with zero attached hydrogens (tertiary/aromatic N) is 2. The Balaban J connectivity index is 1.95. The van der Waals surface area contributed by atoms with E-state index >= 15 is 0 Å². The zero-order valence-electron chi connectivity index (χ0n) is 22.9. The van der Waals surface area contributed by atoms with Crippen molar-refractivity contribution < 1.29 is 22.7 Å². The Kier molecular flexibility index (Phi) is 8.78. The molecule has 2 aliphatic rings. The average Bonchev–Trinajstić information content (AvgIpc) is 3.19. The zero-order chi connectivity index (χ0) is 28.4. The van der Waals surface area contributed by atoms with E-state index in [0.717, 1.165) is 36.4 Å². The molecule has 1 unspecified atom stereocenters. The van der Waals surface area contributed by atoms with Crippen molar-refractivity contribution in [2.75, 3.05) is 36.9 Å². The van der Waals surface area contributed by atoms with E-state index in [1.807, 2.05) is 13.8 Å². The van der Waals surface area contributed by atoms with Crippen LogP contribution >= 0.6 is 11.6 Å². The normalized spacial score (nSPS) is 19.6. The van der Waals surface area contributed by atoms with E-state index in [1.54, 1.807) is 30.1 Å². The molecule has 1 aliphatic heterocycles. The number of nitrogens with one attached hydrogen (secondary N) is 2. The molecule has 3 amide bonds. The molecule has 0 aromatic heterocycles. The number of carbonyl (C=O) groups is 2. The second-order valence-electron chi connectivity index (χ2n) is 10.0. The zero-order valence-corrected chi connectivity index (χ0v) is 24.5. The third kappa shape index (κ3) is 5.10. The average molecular weight is 577 g/mol. The maximum Gasteiger partial charge on any atom is 0.321 e. The number of hydrogen-bond donors (Lipinski definition) is 2. The van der Waals surface area contributed by atoms with E-state index in [4.69, 9.17) is 16.3 Å². The van der Waals surface area contributed by atoms with Crippen LogP contribution in [0.15, 0.2) is 41.3 Å². The molecule has 1 aliphatic carbocycles. The summed E-state index contributed by atoms with van der Waals surface area (Å²) in [4.78, 5) is 29.1. The van der Waals surface area contributed by atoms with Gasteiger partial charge in [-0.05, 0) is 57.5 Å². The lowest BCUT2D eigenvalue weighted by molar-refractivity contribution is -0.123. The van der Waals surface area contributed by atoms with Gasteiger partial charge in [0.25, 0.3) is 15.9 Å². The first-order chi connectivity index (χ1) is 18.7. The highest BCUT2D eigenvalue weighted by Gasteiger charge is 2.57. The van der Waals surface area contributed by atoms with Crippen molar-refractivity contribution in [2.24, 2.45) is 5.92 Å². The van der Waals surface area contributed by atoms with Gasteiger partial charge in [-0.1, -0.05) is 55.8 Å². The van der Waals surface area contributed by atoms with Crippen molar-refractivity contribution in [1.29, 1.82) is 0 Å². The highest BCUT2D eigenvalue weighted by atomic mass is 35.5. The molecule has 2 aromatic rings. The number of fused-ring (bicyclic) bond motifs is 1. The van der Waals surface area contributed by atoms with Crippen molar-refractivity contribution in [2.45, 2.75) is 62.8 Å². The maximum absolute atomic E-state index is 14.5. The molecule has 4 rings (SSSR count). The van der Waals surface area contributed by atoms with Crippen molar-refractivity contribution in [1.82, 2.24) is 10.2 Å². The number of halogens is 1. The number of likely N-dealkylation sites (N-methyl/N-ethyl adjacent to an activating group) is 1. The van der Waals surface area contributed by atoms with Crippen LogP contribution in [-0.2, 0) is 20.4 Å². The minimum absolute atomic E-state index is 0.125. The number of rotatable bonds is 9. The second kappa shape index (κ2) is 11.7. The van der Waals surface area contributed by atoms with Crippen molar-refractivity contribution in [3.63, 3.8) is 0 Å². The standard InChI is InChI=1S/C28H37ClN4O5S/c1-5-32(6-2)27(35)31-25-20(29)16-17-21-24(25)28(30-3,18-19-12-8-7-9-13-19)26(34)33(21)39(36,37)23-15-11-10-14-22(23)38-4/h10-11,14-17,19,30H,5-9,12-13,18H2,1-4H3,(H,31,35). The van der Waals surface area contributed by atoms with Gasteiger partial charge in [-0.25, -0.2) is 17.5 Å². The van der Waals surface area contributed by atoms with Crippen LogP contribution in [-0.4, -0.2) is 52.5 Å². The third-order valence-electron chi connectivity index (χ3n) is 7.94. The van der Waals surface area contributed by atoms with Gasteiger partial charge in [0.15, 0.2) is 0 Å². The monoisotopic (exact) mass is 576 g/mol. The van der Waals surface area contributed by atoms with Gasteiger partial charge < -0.3 is 20.3 Å². The summed E-state index contributed by atoms with van der Waals surface area (Å²) in [5, 5.41) is 6.33. The number of carbonyl (C=O) groups excluding carboxylic acids is 2. The van der Waals surface area contributed by atoms with Crippen molar-refractivity contribution in [3.8, 4) is 5.75 Å². The van der Waals surface area contributed by atoms with Gasteiger partial charge in [-0.15, -0.1) is 0 Å². The quantitative estimate of drug-likeness (QED) is 0.417. The van der Waals surface area contributed by atoms with E-state index in [1.165, 1.54) is 25.3 Å². The van der Waals surface area contributed by atoms with Crippen LogP contribution in [0.3, 0.4) is 0 Å². The largest absolute Gasteiger partial charge is 0.495 e. The molecule has 1 fully saturated rings. The molecule has 212 valence electrons. The van der Waals surface area contributed by atoms with Crippen LogP contribution < -0.4 is 19.7 Å². The van der Waals surface area contributed by atoms with E-state index in [0.29, 0.717) is 25.1 Å². The van der Waals surface area contributed by atoms with E-state index in [9.17, 15) is 18.0 Å². The van der Waals surface area contributed by atoms with E-state index in [-0.39, 0.29) is 39.0 Å². The summed E-state index contributed by atoms with van der Waals surface area (Å²) in [5.41, 5.74) is -0.645. The summed E-state index contributed by atoms with van der Waals surface area (Å²) >= 11 is 6.68. The van der Waals surface area contributed by atoms with Crippen LogP contribution in [0.2, 0.25) is 5.02 Å². The number of sulfonamides is 1. The highest BCUT2D eigenvalue weighted by molar-refractivity contribution is 7.93. The lowest BCUT2D eigenvalue weighted by atomic mass is 9.76. The number of amides is 3. The second-order valence-corrected chi connectivity index (χ2v) is 12.2. The minimum atomic E-state index is -4.40. The van der Waals surface area contributed by atoms with Crippen LogP contribution in [0.25, 0.3) is 0 Å². The Labute approximate surface area is 235 Å². The fourth-order valence-electron chi connectivity index (χ4n) is 5.89. The molecule has 0 bridgehead atoms. The van der Waals surface area contributed by atoms with Gasteiger partial charge in [-0.3, -0.25) is 4.79 Å². The van der Waals surface area contributed by atoms with E-state index in [2.05, 4.69) is 10.6 Å². The number of anilines is 2. The summed E-state index contributed by atoms with van der Waals surface area (Å²) in [6.45, 7) is 4.68. The van der Waals surface area contributed by atoms with Gasteiger partial charge in [-0.2, -0.15) is 0 Å². The number of hydrogen-bond acceptors (Lipinski definition) is 6. The lowest BCUT2D eigenvalue weighted by Gasteiger charge is -2.35. The summed E-state index contributed by atoms with van der Waals surface area (Å²) in [5.74, 6) is -0.301. The fraction of sp³-hybridized carbons (Fsp3) is 0.500. The van der Waals surface area contributed by atoms with E-state index < -0.39 is 21.5 Å². The Morgan fingerprint density at radius 1 is 1.13 bits per heavy atom. The molecule has 0 saturated heterocycles. The van der Waals surface area contributed by atoms with Gasteiger partial charge in [0.05, 0.1) is 23.5 Å². The number of para-hydroxylation sites is 1. The molecule has 1 heterocycles. The molecule has 39 heavy (non-hydrogen) atoms. The third-order valence-corrected chi connectivity index (χ3v) is 10.00. The number of ether oxygens (including phenoxy) is 1. The predicted octanol–water partition coefficient (Wildman–Crippen LogP) is 5.34. The number of benzene rings is 2. The van der Waals surface area contributed by atoms with Crippen molar-refractivity contribution >= 4 is 44.9 Å². The highest BCUT2D eigenvalue weighted by Crippen LogP contribution is 2.52. The molecular formula is C28H37ClN4O5S. The molecule has 0 radical (unpaired) electrons. The SMILES string of the molecule is CCN(CC)C(=O)Nc1c(Cl)ccc2c1C(CC1CCCCC1)(NC)C(=O)N2S(=O)(=O)c1ccccc1OC. The first-order valence-electron chi connectivity index (χ1n) is 13.5. The minimum Gasteiger partial charge on any atom is -0.495 e. The molecule has 11 heteroatoms. The molecule has 9 nitrogen and oxygen atoms in total. The van der Waals surface area contributed by atoms with Gasteiger partial charge in [0.2, 0.25) is 0 Å². The van der Waals surface area contributed by atoms with Crippen LogP contribution in [0.1, 0.15) is 57.9 Å². The molecule has 2 aromatic carbocycles. The number of methoxy groups -OCH3 is 1. The molecule has 1 saturated carbocycles. The van der Waals surface area contributed by atoms with Crippen molar-refractivity contribution in [3.05, 3.63) is 47.0 Å².